The number of hydrogen-bond acceptors (Lipinski definition) is 2. The van der Waals surface area contributed by atoms with Crippen LogP contribution in [0.1, 0.15) is 51.1 Å². The molecule has 116 valence electrons. The highest BCUT2D eigenvalue weighted by atomic mass is 35.5. The molecule has 1 aliphatic carbocycles. The van der Waals surface area contributed by atoms with Gasteiger partial charge in [-0.05, 0) is 56.2 Å². The number of carbonyl (C=O) groups excluding carboxylic acids is 1. The maximum Gasteiger partial charge on any atom is 0.227 e. The molecule has 0 heterocycles. The van der Waals surface area contributed by atoms with Crippen LogP contribution >= 0.6 is 11.6 Å². The molecule has 3 N–H and O–H groups in total. The number of rotatable bonds is 4. The lowest BCUT2D eigenvalue weighted by Crippen LogP contribution is -2.48. The van der Waals surface area contributed by atoms with E-state index >= 15 is 0 Å². The molecule has 1 amide bonds. The molecule has 1 atom stereocenters. The summed E-state index contributed by atoms with van der Waals surface area (Å²) in [7, 11) is 0. The molecule has 3 nitrogen and oxygen atoms in total. The van der Waals surface area contributed by atoms with Crippen LogP contribution < -0.4 is 11.1 Å². The van der Waals surface area contributed by atoms with Gasteiger partial charge in [0.1, 0.15) is 0 Å². The lowest BCUT2D eigenvalue weighted by molar-refractivity contribution is -0.133. The molecule has 0 spiro atoms. The van der Waals surface area contributed by atoms with Crippen LogP contribution in [-0.2, 0) is 4.79 Å². The van der Waals surface area contributed by atoms with Crippen LogP contribution in [0.15, 0.2) is 24.3 Å². The van der Waals surface area contributed by atoms with Gasteiger partial charge in [0.2, 0.25) is 5.91 Å². The Morgan fingerprint density at radius 1 is 1.38 bits per heavy atom. The molecule has 1 fully saturated rings. The van der Waals surface area contributed by atoms with Gasteiger partial charge in [-0.1, -0.05) is 30.7 Å². The maximum absolute atomic E-state index is 12.7. The minimum atomic E-state index is -0.382. The van der Waals surface area contributed by atoms with Crippen molar-refractivity contribution >= 4 is 17.5 Å². The fraction of sp³-hybridized carbons (Fsp3) is 0.588. The summed E-state index contributed by atoms with van der Waals surface area (Å²) in [5, 5.41) is 3.84. The van der Waals surface area contributed by atoms with Crippen LogP contribution in [0.4, 0.5) is 0 Å². The van der Waals surface area contributed by atoms with E-state index in [0.717, 1.165) is 31.2 Å². The summed E-state index contributed by atoms with van der Waals surface area (Å²) in [5.74, 6) is 0.797. The second-order valence-corrected chi connectivity index (χ2v) is 6.85. The van der Waals surface area contributed by atoms with E-state index in [1.807, 2.05) is 31.2 Å². The molecule has 0 aromatic heterocycles. The number of halogens is 1. The number of carbonyl (C=O) groups is 1. The first-order chi connectivity index (χ1) is 9.97. The van der Waals surface area contributed by atoms with Crippen LogP contribution in [0.5, 0.6) is 0 Å². The van der Waals surface area contributed by atoms with Crippen molar-refractivity contribution in [3.05, 3.63) is 34.9 Å². The van der Waals surface area contributed by atoms with Gasteiger partial charge in [0, 0.05) is 11.6 Å². The fourth-order valence-electron chi connectivity index (χ4n) is 3.02. The Bertz CT molecular complexity index is 478. The van der Waals surface area contributed by atoms with E-state index in [1.54, 1.807) is 0 Å². The molecule has 0 bridgehead atoms. The lowest BCUT2D eigenvalue weighted by atomic mass is 9.70. The molecular formula is C17H25ClN2O. The van der Waals surface area contributed by atoms with Crippen molar-refractivity contribution in [3.8, 4) is 0 Å². The minimum Gasteiger partial charge on any atom is -0.349 e. The van der Waals surface area contributed by atoms with Crippen molar-refractivity contribution < 1.29 is 4.79 Å². The van der Waals surface area contributed by atoms with E-state index < -0.39 is 0 Å². The van der Waals surface area contributed by atoms with E-state index in [1.165, 1.54) is 0 Å². The third kappa shape index (κ3) is 3.78. The van der Waals surface area contributed by atoms with Crippen LogP contribution in [0.25, 0.3) is 0 Å². The molecule has 1 aliphatic rings. The number of nitrogens with two attached hydrogens (primary N) is 1. The molecule has 1 aromatic rings. The van der Waals surface area contributed by atoms with Crippen molar-refractivity contribution in [2.24, 2.45) is 17.1 Å². The predicted octanol–water partition coefficient (Wildman–Crippen LogP) is 3.67. The van der Waals surface area contributed by atoms with E-state index in [-0.39, 0.29) is 17.4 Å². The molecule has 0 saturated heterocycles. The quantitative estimate of drug-likeness (QED) is 0.891. The summed E-state index contributed by atoms with van der Waals surface area (Å²) in [5.41, 5.74) is 6.62. The van der Waals surface area contributed by atoms with Crippen molar-refractivity contribution in [3.63, 3.8) is 0 Å². The Morgan fingerprint density at radius 2 is 1.95 bits per heavy atom. The van der Waals surface area contributed by atoms with Gasteiger partial charge < -0.3 is 11.1 Å². The Balaban J connectivity index is 2.03. The van der Waals surface area contributed by atoms with Gasteiger partial charge in [0.05, 0.1) is 11.5 Å². The number of amides is 1. The highest BCUT2D eigenvalue weighted by molar-refractivity contribution is 6.30. The predicted molar refractivity (Wildman–Crippen MR) is 87.1 cm³/mol. The Labute approximate surface area is 132 Å². The van der Waals surface area contributed by atoms with Gasteiger partial charge in [-0.2, -0.15) is 0 Å². The average Bonchev–Trinajstić information content (AvgIpc) is 2.49. The van der Waals surface area contributed by atoms with Crippen molar-refractivity contribution in [1.82, 2.24) is 5.32 Å². The maximum atomic E-state index is 12.7. The van der Waals surface area contributed by atoms with E-state index in [9.17, 15) is 4.79 Å². The van der Waals surface area contributed by atoms with Gasteiger partial charge in [-0.25, -0.2) is 0 Å². The fourth-order valence-corrected chi connectivity index (χ4v) is 3.15. The molecule has 2 rings (SSSR count). The zero-order chi connectivity index (χ0) is 15.5. The SMILES string of the molecule is CC1CCC(CN)(C(=O)NC(C)c2ccc(Cl)cc2)CC1. The van der Waals surface area contributed by atoms with Gasteiger partial charge in [-0.15, -0.1) is 0 Å². The lowest BCUT2D eigenvalue weighted by Gasteiger charge is -2.38. The molecular weight excluding hydrogens is 284 g/mol. The summed E-state index contributed by atoms with van der Waals surface area (Å²) in [6.45, 7) is 4.67. The van der Waals surface area contributed by atoms with Gasteiger partial charge >= 0.3 is 0 Å². The van der Waals surface area contributed by atoms with Gasteiger partial charge in [0.15, 0.2) is 0 Å². The third-order valence-electron chi connectivity index (χ3n) is 4.82. The van der Waals surface area contributed by atoms with Crippen LogP contribution in [-0.4, -0.2) is 12.5 Å². The smallest absolute Gasteiger partial charge is 0.227 e. The summed E-state index contributed by atoms with van der Waals surface area (Å²) >= 11 is 5.90. The Morgan fingerprint density at radius 3 is 2.48 bits per heavy atom. The first kappa shape index (κ1) is 16.3. The molecule has 1 saturated carbocycles. The normalized spacial score (nSPS) is 27.1. The minimum absolute atomic E-state index is 0.0301. The number of hydrogen-bond donors (Lipinski definition) is 2. The van der Waals surface area contributed by atoms with Gasteiger partial charge in [-0.3, -0.25) is 4.79 Å². The summed E-state index contributed by atoms with van der Waals surface area (Å²) < 4.78 is 0. The first-order valence-corrected chi connectivity index (χ1v) is 8.11. The molecule has 21 heavy (non-hydrogen) atoms. The molecule has 4 heteroatoms. The summed E-state index contributed by atoms with van der Waals surface area (Å²) in [6, 6.07) is 7.56. The summed E-state index contributed by atoms with van der Waals surface area (Å²) in [4.78, 5) is 12.7. The molecule has 0 aliphatic heterocycles. The van der Waals surface area contributed by atoms with Crippen molar-refractivity contribution in [2.75, 3.05) is 6.54 Å². The van der Waals surface area contributed by atoms with Crippen molar-refractivity contribution in [2.45, 2.75) is 45.6 Å². The summed E-state index contributed by atoms with van der Waals surface area (Å²) in [6.07, 6.45) is 3.95. The second-order valence-electron chi connectivity index (χ2n) is 6.41. The topological polar surface area (TPSA) is 55.1 Å². The van der Waals surface area contributed by atoms with E-state index in [2.05, 4.69) is 12.2 Å². The van der Waals surface area contributed by atoms with Crippen LogP contribution in [0.2, 0.25) is 5.02 Å². The Hall–Kier alpha value is -1.06. The number of benzene rings is 1. The highest BCUT2D eigenvalue weighted by Crippen LogP contribution is 2.38. The molecule has 0 radical (unpaired) electrons. The van der Waals surface area contributed by atoms with Crippen molar-refractivity contribution in [1.29, 1.82) is 0 Å². The van der Waals surface area contributed by atoms with Crippen LogP contribution in [0.3, 0.4) is 0 Å². The van der Waals surface area contributed by atoms with E-state index in [4.69, 9.17) is 17.3 Å². The second kappa shape index (κ2) is 6.80. The first-order valence-electron chi connectivity index (χ1n) is 7.73. The van der Waals surface area contributed by atoms with E-state index in [0.29, 0.717) is 17.5 Å². The standard InChI is InChI=1S/C17H25ClN2O/c1-12-7-9-17(11-19,10-8-12)16(21)20-13(2)14-3-5-15(18)6-4-14/h3-6,12-13H,7-11,19H2,1-2H3,(H,20,21). The Kier molecular flexibility index (Phi) is 5.28. The van der Waals surface area contributed by atoms with Gasteiger partial charge in [0.25, 0.3) is 0 Å². The third-order valence-corrected chi connectivity index (χ3v) is 5.07. The molecule has 1 unspecified atom stereocenters. The average molecular weight is 309 g/mol. The molecule has 1 aromatic carbocycles. The zero-order valence-electron chi connectivity index (χ0n) is 12.9. The highest BCUT2D eigenvalue weighted by Gasteiger charge is 2.40. The monoisotopic (exact) mass is 308 g/mol. The number of nitrogens with one attached hydrogen (secondary N) is 1. The van der Waals surface area contributed by atoms with Crippen LogP contribution in [0, 0.1) is 11.3 Å². The zero-order valence-corrected chi connectivity index (χ0v) is 13.6. The largest absolute Gasteiger partial charge is 0.349 e.